The van der Waals surface area contributed by atoms with Crippen LogP contribution in [0.5, 0.6) is 23.0 Å². The van der Waals surface area contributed by atoms with Crippen LogP contribution in [0.4, 0.5) is 0 Å². The van der Waals surface area contributed by atoms with Crippen molar-refractivity contribution in [3.05, 3.63) is 46.5 Å². The molecular weight excluding hydrogens is 406 g/mol. The van der Waals surface area contributed by atoms with Gasteiger partial charge in [-0.2, -0.15) is 0 Å². The predicted molar refractivity (Wildman–Crippen MR) is 121 cm³/mol. The van der Waals surface area contributed by atoms with Gasteiger partial charge in [0.25, 0.3) is 0 Å². The minimum absolute atomic E-state index is 0.419. The lowest BCUT2D eigenvalue weighted by Crippen LogP contribution is -2.38. The standard InChI is InChI=1S/C22H30ClN3O4/c1-6-24-22(25-12-11-15-7-9-17(27-2)13-18(15)23)26-14-16-8-10-19(28-3)21(30-5)20(16)29-4/h7-10,13H,6,11-12,14H2,1-5H3,(H2,24,25,26). The van der Waals surface area contributed by atoms with Crippen molar-refractivity contribution < 1.29 is 18.9 Å². The van der Waals surface area contributed by atoms with Gasteiger partial charge in [0.05, 0.1) is 35.0 Å². The Morgan fingerprint density at radius 3 is 2.23 bits per heavy atom. The summed E-state index contributed by atoms with van der Waals surface area (Å²) in [5.41, 5.74) is 1.94. The zero-order chi connectivity index (χ0) is 21.9. The molecule has 0 atom stereocenters. The Balaban J connectivity index is 2.07. The number of benzene rings is 2. The van der Waals surface area contributed by atoms with Gasteiger partial charge in [-0.25, -0.2) is 4.99 Å². The molecule has 2 rings (SSSR count). The number of nitrogens with zero attached hydrogens (tertiary/aromatic N) is 1. The number of ether oxygens (including phenoxy) is 4. The number of nitrogens with one attached hydrogen (secondary N) is 2. The minimum atomic E-state index is 0.419. The summed E-state index contributed by atoms with van der Waals surface area (Å²) in [6.07, 6.45) is 0.757. The maximum Gasteiger partial charge on any atom is 0.203 e. The molecule has 0 unspecified atom stereocenters. The summed E-state index contributed by atoms with van der Waals surface area (Å²) >= 11 is 6.32. The molecule has 0 saturated carbocycles. The van der Waals surface area contributed by atoms with E-state index >= 15 is 0 Å². The van der Waals surface area contributed by atoms with Crippen molar-refractivity contribution in [2.24, 2.45) is 4.99 Å². The molecule has 0 radical (unpaired) electrons. The lowest BCUT2D eigenvalue weighted by atomic mass is 10.1. The van der Waals surface area contributed by atoms with Crippen LogP contribution in [0.15, 0.2) is 35.3 Å². The van der Waals surface area contributed by atoms with Crippen LogP contribution in [-0.4, -0.2) is 47.5 Å². The number of halogens is 1. The molecule has 2 aromatic carbocycles. The summed E-state index contributed by atoms with van der Waals surface area (Å²) in [5.74, 6) is 3.24. The lowest BCUT2D eigenvalue weighted by Gasteiger charge is -2.16. The third kappa shape index (κ3) is 6.10. The molecule has 8 heteroatoms. The molecular formula is C22H30ClN3O4. The van der Waals surface area contributed by atoms with Crippen LogP contribution in [0.25, 0.3) is 0 Å². The van der Waals surface area contributed by atoms with Gasteiger partial charge in [-0.05, 0) is 43.2 Å². The molecule has 0 saturated heterocycles. The second kappa shape index (κ2) is 12.0. The monoisotopic (exact) mass is 435 g/mol. The molecule has 0 amide bonds. The zero-order valence-corrected chi connectivity index (χ0v) is 18.9. The van der Waals surface area contributed by atoms with Gasteiger partial charge in [0.2, 0.25) is 5.75 Å². The highest BCUT2D eigenvalue weighted by molar-refractivity contribution is 6.31. The molecule has 30 heavy (non-hydrogen) atoms. The first-order chi connectivity index (χ1) is 14.6. The van der Waals surface area contributed by atoms with Crippen molar-refractivity contribution in [2.45, 2.75) is 19.9 Å². The Morgan fingerprint density at radius 2 is 1.63 bits per heavy atom. The van der Waals surface area contributed by atoms with Gasteiger partial charge in [0, 0.05) is 23.7 Å². The fourth-order valence-corrected chi connectivity index (χ4v) is 3.23. The van der Waals surface area contributed by atoms with E-state index < -0.39 is 0 Å². The van der Waals surface area contributed by atoms with Crippen LogP contribution < -0.4 is 29.6 Å². The average Bonchev–Trinajstić information content (AvgIpc) is 2.77. The lowest BCUT2D eigenvalue weighted by molar-refractivity contribution is 0.322. The van der Waals surface area contributed by atoms with E-state index in [1.807, 2.05) is 37.3 Å². The number of hydrogen-bond donors (Lipinski definition) is 2. The number of rotatable bonds is 10. The number of hydrogen-bond acceptors (Lipinski definition) is 5. The fourth-order valence-electron chi connectivity index (χ4n) is 2.97. The summed E-state index contributed by atoms with van der Waals surface area (Å²) in [7, 11) is 6.41. The first kappa shape index (κ1) is 23.5. The molecule has 164 valence electrons. The van der Waals surface area contributed by atoms with E-state index in [1.54, 1.807) is 28.4 Å². The number of guanidine groups is 1. The van der Waals surface area contributed by atoms with Gasteiger partial charge in [0.1, 0.15) is 5.75 Å². The smallest absolute Gasteiger partial charge is 0.203 e. The van der Waals surface area contributed by atoms with Crippen molar-refractivity contribution in [1.29, 1.82) is 0 Å². The maximum absolute atomic E-state index is 6.32. The Hall–Kier alpha value is -2.80. The fraction of sp³-hybridized carbons (Fsp3) is 0.409. The molecule has 2 aromatic rings. The van der Waals surface area contributed by atoms with Gasteiger partial charge in [-0.3, -0.25) is 0 Å². The van der Waals surface area contributed by atoms with E-state index in [0.29, 0.717) is 41.3 Å². The zero-order valence-electron chi connectivity index (χ0n) is 18.2. The topological polar surface area (TPSA) is 73.3 Å². The quantitative estimate of drug-likeness (QED) is 0.438. The van der Waals surface area contributed by atoms with E-state index in [4.69, 9.17) is 30.5 Å². The Labute approximate surface area is 183 Å². The third-order valence-electron chi connectivity index (χ3n) is 4.48. The van der Waals surface area contributed by atoms with Crippen molar-refractivity contribution in [2.75, 3.05) is 41.5 Å². The molecule has 0 spiro atoms. The van der Waals surface area contributed by atoms with Crippen molar-refractivity contribution >= 4 is 17.6 Å². The first-order valence-corrected chi connectivity index (χ1v) is 10.1. The van der Waals surface area contributed by atoms with E-state index in [0.717, 1.165) is 29.8 Å². The van der Waals surface area contributed by atoms with E-state index in [9.17, 15) is 0 Å². The molecule has 0 fully saturated rings. The first-order valence-electron chi connectivity index (χ1n) is 9.70. The third-order valence-corrected chi connectivity index (χ3v) is 4.84. The number of methoxy groups -OCH3 is 4. The summed E-state index contributed by atoms with van der Waals surface area (Å²) in [6, 6.07) is 9.47. The Bertz CT molecular complexity index is 859. The van der Waals surface area contributed by atoms with Gasteiger partial charge >= 0.3 is 0 Å². The minimum Gasteiger partial charge on any atom is -0.497 e. The molecule has 7 nitrogen and oxygen atoms in total. The van der Waals surface area contributed by atoms with E-state index in [1.165, 1.54) is 0 Å². The summed E-state index contributed by atoms with van der Waals surface area (Å²) in [5, 5.41) is 7.27. The van der Waals surface area contributed by atoms with Gasteiger partial charge < -0.3 is 29.6 Å². The van der Waals surface area contributed by atoms with Crippen molar-refractivity contribution in [1.82, 2.24) is 10.6 Å². The van der Waals surface area contributed by atoms with Crippen LogP contribution in [0.3, 0.4) is 0 Å². The normalized spacial score (nSPS) is 11.1. The van der Waals surface area contributed by atoms with Gasteiger partial charge in [-0.1, -0.05) is 17.7 Å². The molecule has 0 heterocycles. The summed E-state index contributed by atoms with van der Waals surface area (Å²) in [4.78, 5) is 4.67. The SMILES string of the molecule is CCNC(=NCc1ccc(OC)c(OC)c1OC)NCCc1ccc(OC)cc1Cl. The van der Waals surface area contributed by atoms with E-state index in [2.05, 4.69) is 15.6 Å². The van der Waals surface area contributed by atoms with Crippen molar-refractivity contribution in [3.63, 3.8) is 0 Å². The highest BCUT2D eigenvalue weighted by atomic mass is 35.5. The second-order valence-electron chi connectivity index (χ2n) is 6.32. The molecule has 0 aromatic heterocycles. The highest BCUT2D eigenvalue weighted by Crippen LogP contribution is 2.39. The largest absolute Gasteiger partial charge is 0.497 e. The van der Waals surface area contributed by atoms with Crippen LogP contribution in [0.1, 0.15) is 18.1 Å². The molecule has 0 bridgehead atoms. The Kier molecular flexibility index (Phi) is 9.41. The van der Waals surface area contributed by atoms with Crippen LogP contribution in [-0.2, 0) is 13.0 Å². The highest BCUT2D eigenvalue weighted by Gasteiger charge is 2.15. The molecule has 0 aliphatic heterocycles. The van der Waals surface area contributed by atoms with Crippen molar-refractivity contribution in [3.8, 4) is 23.0 Å². The Morgan fingerprint density at radius 1 is 0.900 bits per heavy atom. The maximum atomic E-state index is 6.32. The van der Waals surface area contributed by atoms with Crippen LogP contribution >= 0.6 is 11.6 Å². The molecule has 2 N–H and O–H groups in total. The number of aliphatic imine (C=N–C) groups is 1. The summed E-state index contributed by atoms with van der Waals surface area (Å²) in [6.45, 7) is 3.87. The predicted octanol–water partition coefficient (Wildman–Crippen LogP) is 3.67. The average molecular weight is 436 g/mol. The second-order valence-corrected chi connectivity index (χ2v) is 6.73. The van der Waals surface area contributed by atoms with Gasteiger partial charge in [-0.15, -0.1) is 0 Å². The molecule has 0 aliphatic rings. The van der Waals surface area contributed by atoms with Crippen LogP contribution in [0, 0.1) is 0 Å². The molecule has 0 aliphatic carbocycles. The van der Waals surface area contributed by atoms with Gasteiger partial charge in [0.15, 0.2) is 17.5 Å². The van der Waals surface area contributed by atoms with Crippen LogP contribution in [0.2, 0.25) is 5.02 Å². The van der Waals surface area contributed by atoms with E-state index in [-0.39, 0.29) is 0 Å². The summed E-state index contributed by atoms with van der Waals surface area (Å²) < 4.78 is 21.5.